The van der Waals surface area contributed by atoms with Gasteiger partial charge in [0.05, 0.1) is 0 Å². The van der Waals surface area contributed by atoms with Crippen LogP contribution < -0.4 is 0 Å². The van der Waals surface area contributed by atoms with Crippen LogP contribution in [0.25, 0.3) is 0 Å². The molecule has 3 rings (SSSR count). The Bertz CT molecular complexity index is 746. The van der Waals surface area contributed by atoms with Crippen LogP contribution in [0.15, 0.2) is 72.8 Å². The summed E-state index contributed by atoms with van der Waals surface area (Å²) in [5, 5.41) is 0. The first-order valence-electron chi connectivity index (χ1n) is 12.5. The summed E-state index contributed by atoms with van der Waals surface area (Å²) in [4.78, 5) is 0. The number of hydrogen-bond acceptors (Lipinski definition) is 0. The lowest BCUT2D eigenvalue weighted by Crippen LogP contribution is -2.04. The fourth-order valence-electron chi connectivity index (χ4n) is 4.35. The third-order valence-corrected chi connectivity index (χ3v) is 6.40. The van der Waals surface area contributed by atoms with E-state index in [1.165, 1.54) is 91.2 Å². The Kier molecular flexibility index (Phi) is 9.40. The molecule has 0 bridgehead atoms. The number of hydrogen-bond donors (Lipinski definition) is 0. The molecule has 0 unspecified atom stereocenters. The van der Waals surface area contributed by atoms with Gasteiger partial charge in [0, 0.05) is 5.92 Å². The largest absolute Gasteiger partial charge is 0.0654 e. The highest BCUT2D eigenvalue weighted by Gasteiger charge is 2.17. The summed E-state index contributed by atoms with van der Waals surface area (Å²) in [5.41, 5.74) is 8.53. The van der Waals surface area contributed by atoms with E-state index in [4.69, 9.17) is 0 Å². The molecule has 0 N–H and O–H groups in total. The van der Waals surface area contributed by atoms with Gasteiger partial charge in [-0.15, -0.1) is 0 Å². The predicted octanol–water partition coefficient (Wildman–Crippen LogP) is 8.89. The fourth-order valence-corrected chi connectivity index (χ4v) is 4.35. The average Bonchev–Trinajstić information content (AvgIpc) is 2.82. The van der Waals surface area contributed by atoms with E-state index in [0.29, 0.717) is 5.92 Å². The first-order chi connectivity index (χ1) is 15.2. The van der Waals surface area contributed by atoms with Crippen molar-refractivity contribution < 1.29 is 0 Å². The molecule has 0 amide bonds. The van der Waals surface area contributed by atoms with Gasteiger partial charge in [-0.2, -0.15) is 0 Å². The zero-order valence-corrected chi connectivity index (χ0v) is 19.9. The summed E-state index contributed by atoms with van der Waals surface area (Å²) in [7, 11) is 0. The van der Waals surface area contributed by atoms with Crippen molar-refractivity contribution in [3.05, 3.63) is 106 Å². The van der Waals surface area contributed by atoms with Crippen LogP contribution in [0.3, 0.4) is 0 Å². The van der Waals surface area contributed by atoms with E-state index in [2.05, 4.69) is 93.6 Å². The lowest BCUT2D eigenvalue weighted by Gasteiger charge is -2.20. The Morgan fingerprint density at radius 1 is 0.419 bits per heavy atom. The van der Waals surface area contributed by atoms with E-state index in [9.17, 15) is 0 Å². The van der Waals surface area contributed by atoms with Gasteiger partial charge in [-0.1, -0.05) is 113 Å². The molecule has 0 aliphatic carbocycles. The molecule has 0 nitrogen and oxygen atoms in total. The minimum atomic E-state index is 0.292. The van der Waals surface area contributed by atoms with Gasteiger partial charge in [0.25, 0.3) is 0 Å². The molecule has 0 spiro atoms. The lowest BCUT2D eigenvalue weighted by molar-refractivity contribution is 0.792. The Labute approximate surface area is 190 Å². The normalized spacial score (nSPS) is 11.2. The fraction of sp³-hybridized carbons (Fsp3) is 0.419. The van der Waals surface area contributed by atoms with E-state index in [0.717, 1.165) is 0 Å². The number of aryl methyl sites for hydroxylation is 3. The molecule has 0 aromatic heterocycles. The lowest BCUT2D eigenvalue weighted by atomic mass is 9.83. The van der Waals surface area contributed by atoms with E-state index >= 15 is 0 Å². The van der Waals surface area contributed by atoms with Crippen molar-refractivity contribution in [1.29, 1.82) is 0 Å². The number of benzene rings is 3. The van der Waals surface area contributed by atoms with Crippen LogP contribution in [-0.2, 0) is 19.3 Å². The number of unbranched alkanes of at least 4 members (excludes halogenated alkanes) is 3. The second-order valence-corrected chi connectivity index (χ2v) is 8.97. The predicted molar refractivity (Wildman–Crippen MR) is 136 cm³/mol. The molecule has 0 fully saturated rings. The average molecular weight is 413 g/mol. The van der Waals surface area contributed by atoms with Crippen molar-refractivity contribution in [2.45, 2.75) is 84.5 Å². The summed E-state index contributed by atoms with van der Waals surface area (Å²) in [6.07, 6.45) is 11.1. The van der Waals surface area contributed by atoms with E-state index < -0.39 is 0 Å². The Hall–Kier alpha value is -2.34. The molecule has 0 heterocycles. The molecule has 164 valence electrons. The van der Waals surface area contributed by atoms with Crippen LogP contribution in [0.2, 0.25) is 0 Å². The molecule has 0 saturated heterocycles. The van der Waals surface area contributed by atoms with Gasteiger partial charge in [0.2, 0.25) is 0 Å². The third-order valence-electron chi connectivity index (χ3n) is 6.40. The molecule has 3 aromatic carbocycles. The van der Waals surface area contributed by atoms with Gasteiger partial charge in [-0.3, -0.25) is 0 Å². The molecule has 0 aliphatic rings. The minimum Gasteiger partial charge on any atom is -0.0654 e. The van der Waals surface area contributed by atoms with Crippen molar-refractivity contribution in [3.8, 4) is 0 Å². The Balaban J connectivity index is 1.90. The molecule has 3 aromatic rings. The summed E-state index contributed by atoms with van der Waals surface area (Å²) in [6.45, 7) is 6.79. The van der Waals surface area contributed by atoms with Gasteiger partial charge in [0.15, 0.2) is 0 Å². The SMILES string of the molecule is CCCCc1ccc(C(c2ccc(CCCC)cc2)c2ccc(CCCC)cc2)cc1. The molecule has 0 atom stereocenters. The maximum absolute atomic E-state index is 2.35. The Morgan fingerprint density at radius 2 is 0.677 bits per heavy atom. The highest BCUT2D eigenvalue weighted by molar-refractivity contribution is 5.45. The summed E-state index contributed by atoms with van der Waals surface area (Å²) in [5.74, 6) is 0.292. The highest BCUT2D eigenvalue weighted by atomic mass is 14.2. The second-order valence-electron chi connectivity index (χ2n) is 8.97. The molecule has 0 heteroatoms. The van der Waals surface area contributed by atoms with Crippen molar-refractivity contribution in [2.75, 3.05) is 0 Å². The molecule has 0 aliphatic heterocycles. The van der Waals surface area contributed by atoms with Crippen molar-refractivity contribution in [2.24, 2.45) is 0 Å². The Morgan fingerprint density at radius 3 is 0.903 bits per heavy atom. The molecule has 0 saturated carbocycles. The van der Waals surface area contributed by atoms with Gasteiger partial charge in [-0.25, -0.2) is 0 Å². The van der Waals surface area contributed by atoms with Crippen LogP contribution in [0.1, 0.15) is 98.6 Å². The topological polar surface area (TPSA) is 0 Å². The van der Waals surface area contributed by atoms with Crippen LogP contribution in [0, 0.1) is 0 Å². The molecule has 31 heavy (non-hydrogen) atoms. The zero-order valence-electron chi connectivity index (χ0n) is 19.9. The minimum absolute atomic E-state index is 0.292. The molecular formula is C31H40. The monoisotopic (exact) mass is 412 g/mol. The van der Waals surface area contributed by atoms with E-state index in [-0.39, 0.29) is 0 Å². The third kappa shape index (κ3) is 6.82. The summed E-state index contributed by atoms with van der Waals surface area (Å²) < 4.78 is 0. The van der Waals surface area contributed by atoms with Crippen LogP contribution >= 0.6 is 0 Å². The van der Waals surface area contributed by atoms with Gasteiger partial charge in [-0.05, 0) is 71.9 Å². The first-order valence-corrected chi connectivity index (χ1v) is 12.5. The molecular weight excluding hydrogens is 372 g/mol. The zero-order chi connectivity index (χ0) is 21.9. The second kappa shape index (κ2) is 12.5. The van der Waals surface area contributed by atoms with Crippen LogP contribution in [0.5, 0.6) is 0 Å². The smallest absolute Gasteiger partial charge is 0.0339 e. The van der Waals surface area contributed by atoms with E-state index in [1.54, 1.807) is 0 Å². The quantitative estimate of drug-likeness (QED) is 0.260. The summed E-state index contributed by atoms with van der Waals surface area (Å²) >= 11 is 0. The highest BCUT2D eigenvalue weighted by Crippen LogP contribution is 2.33. The van der Waals surface area contributed by atoms with Crippen LogP contribution in [-0.4, -0.2) is 0 Å². The standard InChI is InChI=1S/C31H40/c1-4-7-10-25-13-19-28(20-14-25)31(29-21-15-26(16-22-29)11-8-5-2)30-23-17-27(18-24-30)12-9-6-3/h13-24,31H,4-12H2,1-3H3. The first kappa shape index (κ1) is 23.3. The van der Waals surface area contributed by atoms with Crippen molar-refractivity contribution in [1.82, 2.24) is 0 Å². The van der Waals surface area contributed by atoms with Gasteiger partial charge < -0.3 is 0 Å². The van der Waals surface area contributed by atoms with Gasteiger partial charge in [0.1, 0.15) is 0 Å². The van der Waals surface area contributed by atoms with Crippen LogP contribution in [0.4, 0.5) is 0 Å². The maximum atomic E-state index is 2.35. The molecule has 0 radical (unpaired) electrons. The summed E-state index contributed by atoms with van der Waals surface area (Å²) in [6, 6.07) is 28.1. The maximum Gasteiger partial charge on any atom is 0.0339 e. The van der Waals surface area contributed by atoms with Crippen molar-refractivity contribution >= 4 is 0 Å². The van der Waals surface area contributed by atoms with Crippen molar-refractivity contribution in [3.63, 3.8) is 0 Å². The number of rotatable bonds is 12. The van der Waals surface area contributed by atoms with Gasteiger partial charge >= 0.3 is 0 Å². The van der Waals surface area contributed by atoms with E-state index in [1.807, 2.05) is 0 Å².